The van der Waals surface area contributed by atoms with Gasteiger partial charge in [-0.25, -0.2) is 4.79 Å². The van der Waals surface area contributed by atoms with E-state index in [0.717, 1.165) is 6.20 Å². The van der Waals surface area contributed by atoms with E-state index in [1.165, 1.54) is 0 Å². The molecule has 0 spiro atoms. The van der Waals surface area contributed by atoms with E-state index in [9.17, 15) is 9.59 Å². The van der Waals surface area contributed by atoms with E-state index in [0.29, 0.717) is 0 Å². The van der Waals surface area contributed by atoms with Gasteiger partial charge >= 0.3 is 5.97 Å². The molecule has 0 aliphatic carbocycles. The van der Waals surface area contributed by atoms with E-state index in [-0.39, 0.29) is 17.3 Å². The highest BCUT2D eigenvalue weighted by Crippen LogP contribution is 2.18. The predicted molar refractivity (Wildman–Crippen MR) is 53.6 cm³/mol. The fourth-order valence-corrected chi connectivity index (χ4v) is 0.845. The molecule has 0 aromatic carbocycles. The Morgan fingerprint density at radius 1 is 1.47 bits per heavy atom. The van der Waals surface area contributed by atoms with Crippen molar-refractivity contribution in [3.8, 4) is 0 Å². The molecular weight excluding hydrogens is 198 g/mol. The summed E-state index contributed by atoms with van der Waals surface area (Å²) in [5.74, 6) is -1.29. The molecule has 0 saturated heterocycles. The molecule has 0 radical (unpaired) electrons. The molecule has 1 aromatic rings. The number of hydrogen-bond donors (Lipinski definition) is 3. The van der Waals surface area contributed by atoms with E-state index < -0.39 is 11.4 Å². The molecule has 1 amide bonds. The molecule has 0 aliphatic heterocycles. The number of amides is 1. The summed E-state index contributed by atoms with van der Waals surface area (Å²) in [7, 11) is 0. The first-order valence-electron chi connectivity index (χ1n) is 4.40. The summed E-state index contributed by atoms with van der Waals surface area (Å²) in [5.41, 5.74) is -0.631. The number of carbonyl (C=O) groups is 2. The minimum absolute atomic E-state index is 0.0485. The molecule has 82 valence electrons. The summed E-state index contributed by atoms with van der Waals surface area (Å²) in [5, 5.41) is 17.2. The maximum atomic E-state index is 11.6. The molecule has 15 heavy (non-hydrogen) atoms. The van der Waals surface area contributed by atoms with Crippen molar-refractivity contribution in [3.05, 3.63) is 11.8 Å². The van der Waals surface area contributed by atoms with E-state index in [2.05, 4.69) is 15.5 Å². The van der Waals surface area contributed by atoms with Gasteiger partial charge in [-0.05, 0) is 0 Å². The lowest BCUT2D eigenvalue weighted by atomic mass is 9.96. The number of hydrogen-bond acceptors (Lipinski definition) is 3. The number of carboxylic acids is 1. The molecule has 1 aromatic heterocycles. The van der Waals surface area contributed by atoms with Crippen molar-refractivity contribution in [1.29, 1.82) is 0 Å². The summed E-state index contributed by atoms with van der Waals surface area (Å²) >= 11 is 0. The first-order chi connectivity index (χ1) is 6.82. The number of carboxylic acid groups (broad SMARTS) is 1. The summed E-state index contributed by atoms with van der Waals surface area (Å²) in [4.78, 5) is 22.3. The van der Waals surface area contributed by atoms with Gasteiger partial charge in [-0.1, -0.05) is 20.8 Å². The van der Waals surface area contributed by atoms with Crippen molar-refractivity contribution in [1.82, 2.24) is 10.2 Å². The SMILES string of the molecule is CC(C)(C)C(=O)Nc1[nH]ncc1C(=O)O. The third-order valence-corrected chi connectivity index (χ3v) is 1.79. The first-order valence-corrected chi connectivity index (χ1v) is 4.40. The van der Waals surface area contributed by atoms with Gasteiger partial charge < -0.3 is 10.4 Å². The highest BCUT2D eigenvalue weighted by atomic mass is 16.4. The van der Waals surface area contributed by atoms with E-state index in [4.69, 9.17) is 5.11 Å². The highest BCUT2D eigenvalue weighted by molar-refractivity contribution is 6.00. The Labute approximate surface area is 86.7 Å². The lowest BCUT2D eigenvalue weighted by Crippen LogP contribution is -2.28. The smallest absolute Gasteiger partial charge is 0.341 e. The second kappa shape index (κ2) is 3.72. The minimum atomic E-state index is -1.13. The first kappa shape index (κ1) is 11.2. The van der Waals surface area contributed by atoms with Crippen LogP contribution in [0.5, 0.6) is 0 Å². The number of aromatic nitrogens is 2. The third kappa shape index (κ3) is 2.55. The molecule has 6 nitrogen and oxygen atoms in total. The number of H-pyrrole nitrogens is 1. The standard InChI is InChI=1S/C9H13N3O3/c1-9(2,3)8(15)11-6-5(7(13)14)4-10-12-6/h4H,1-3H3,(H,13,14)(H2,10,11,12,15). The molecule has 0 atom stereocenters. The van der Waals surface area contributed by atoms with Crippen LogP contribution >= 0.6 is 0 Å². The van der Waals surface area contributed by atoms with Crippen LogP contribution in [-0.2, 0) is 4.79 Å². The van der Waals surface area contributed by atoms with Crippen molar-refractivity contribution in [2.75, 3.05) is 5.32 Å². The molecule has 0 fully saturated rings. The molecule has 0 saturated carbocycles. The van der Waals surface area contributed by atoms with Gasteiger partial charge in [0.25, 0.3) is 0 Å². The second-order valence-corrected chi connectivity index (χ2v) is 4.17. The van der Waals surface area contributed by atoms with Crippen LogP contribution in [-0.4, -0.2) is 27.2 Å². The zero-order chi connectivity index (χ0) is 11.6. The largest absolute Gasteiger partial charge is 0.477 e. The van der Waals surface area contributed by atoms with Crippen LogP contribution in [0.1, 0.15) is 31.1 Å². The summed E-state index contributed by atoms with van der Waals surface area (Å²) < 4.78 is 0. The van der Waals surface area contributed by atoms with Gasteiger partial charge in [0, 0.05) is 5.41 Å². The maximum Gasteiger partial charge on any atom is 0.341 e. The van der Waals surface area contributed by atoms with Gasteiger partial charge in [-0.3, -0.25) is 9.89 Å². The maximum absolute atomic E-state index is 11.6. The quantitative estimate of drug-likeness (QED) is 0.682. The summed E-state index contributed by atoms with van der Waals surface area (Å²) in [6.07, 6.45) is 1.15. The van der Waals surface area contributed by atoms with E-state index in [1.54, 1.807) is 20.8 Å². The van der Waals surface area contributed by atoms with Crippen LogP contribution in [0.15, 0.2) is 6.20 Å². The van der Waals surface area contributed by atoms with E-state index in [1.807, 2.05) is 0 Å². The van der Waals surface area contributed by atoms with Crippen LogP contribution in [0.25, 0.3) is 0 Å². The van der Waals surface area contributed by atoms with Crippen molar-refractivity contribution in [2.24, 2.45) is 5.41 Å². The summed E-state index contributed by atoms with van der Waals surface area (Å²) in [6, 6.07) is 0. The Balaban J connectivity index is 2.86. The Bertz CT molecular complexity index is 390. The van der Waals surface area contributed by atoms with Crippen LogP contribution < -0.4 is 5.32 Å². The summed E-state index contributed by atoms with van der Waals surface area (Å²) in [6.45, 7) is 5.21. The molecule has 0 unspecified atom stereocenters. The third-order valence-electron chi connectivity index (χ3n) is 1.79. The van der Waals surface area contributed by atoms with Crippen LogP contribution in [0, 0.1) is 5.41 Å². The van der Waals surface area contributed by atoms with Crippen LogP contribution in [0.3, 0.4) is 0 Å². The minimum Gasteiger partial charge on any atom is -0.477 e. The Morgan fingerprint density at radius 3 is 2.53 bits per heavy atom. The van der Waals surface area contributed by atoms with Crippen molar-refractivity contribution < 1.29 is 14.7 Å². The molecule has 0 aliphatic rings. The molecule has 1 rings (SSSR count). The number of aromatic amines is 1. The molecule has 0 bridgehead atoms. The number of anilines is 1. The second-order valence-electron chi connectivity index (χ2n) is 4.17. The van der Waals surface area contributed by atoms with Crippen LogP contribution in [0.4, 0.5) is 5.82 Å². The number of carbonyl (C=O) groups excluding carboxylic acids is 1. The van der Waals surface area contributed by atoms with Gasteiger partial charge in [0.15, 0.2) is 0 Å². The highest BCUT2D eigenvalue weighted by Gasteiger charge is 2.23. The lowest BCUT2D eigenvalue weighted by Gasteiger charge is -2.16. The fourth-order valence-electron chi connectivity index (χ4n) is 0.845. The Hall–Kier alpha value is -1.85. The lowest BCUT2D eigenvalue weighted by molar-refractivity contribution is -0.123. The normalized spacial score (nSPS) is 11.1. The number of rotatable bonds is 2. The average Bonchev–Trinajstić information content (AvgIpc) is 2.50. The zero-order valence-electron chi connectivity index (χ0n) is 8.79. The Kier molecular flexibility index (Phi) is 2.78. The molecule has 1 heterocycles. The fraction of sp³-hybridized carbons (Fsp3) is 0.444. The van der Waals surface area contributed by atoms with Gasteiger partial charge in [-0.15, -0.1) is 0 Å². The molecule has 6 heteroatoms. The number of aromatic carboxylic acids is 1. The predicted octanol–water partition coefficient (Wildman–Crippen LogP) is 1.09. The van der Waals surface area contributed by atoms with E-state index >= 15 is 0 Å². The molecule has 3 N–H and O–H groups in total. The number of nitrogens with one attached hydrogen (secondary N) is 2. The van der Waals surface area contributed by atoms with Crippen molar-refractivity contribution >= 4 is 17.7 Å². The monoisotopic (exact) mass is 211 g/mol. The van der Waals surface area contributed by atoms with Crippen molar-refractivity contribution in [2.45, 2.75) is 20.8 Å². The van der Waals surface area contributed by atoms with Gasteiger partial charge in [0.05, 0.1) is 6.20 Å². The zero-order valence-corrected chi connectivity index (χ0v) is 8.79. The van der Waals surface area contributed by atoms with Crippen LogP contribution in [0.2, 0.25) is 0 Å². The number of nitrogens with zero attached hydrogens (tertiary/aromatic N) is 1. The van der Waals surface area contributed by atoms with Gasteiger partial charge in [-0.2, -0.15) is 5.10 Å². The topological polar surface area (TPSA) is 95.1 Å². The average molecular weight is 211 g/mol. The van der Waals surface area contributed by atoms with Gasteiger partial charge in [0.2, 0.25) is 5.91 Å². The molecular formula is C9H13N3O3. The van der Waals surface area contributed by atoms with Gasteiger partial charge in [0.1, 0.15) is 11.4 Å². The van der Waals surface area contributed by atoms with Crippen molar-refractivity contribution in [3.63, 3.8) is 0 Å². The Morgan fingerprint density at radius 2 is 2.07 bits per heavy atom.